The molecule has 1 unspecified atom stereocenters. The van der Waals surface area contributed by atoms with E-state index in [9.17, 15) is 21.6 Å². The van der Waals surface area contributed by atoms with Crippen LogP contribution in [0.4, 0.5) is 5.69 Å². The van der Waals surface area contributed by atoms with Gasteiger partial charge in [-0.2, -0.15) is 0 Å². The van der Waals surface area contributed by atoms with Crippen molar-refractivity contribution in [3.63, 3.8) is 0 Å². The zero-order valence-electron chi connectivity index (χ0n) is 18.8. The van der Waals surface area contributed by atoms with Crippen molar-refractivity contribution in [2.45, 2.75) is 17.4 Å². The summed E-state index contributed by atoms with van der Waals surface area (Å²) >= 11 is 0. The van der Waals surface area contributed by atoms with Crippen molar-refractivity contribution in [2.75, 3.05) is 44.9 Å². The number of sulfonamides is 2. The molecule has 33 heavy (non-hydrogen) atoms. The molecule has 2 aromatic carbocycles. The number of nitrogens with one attached hydrogen (secondary N) is 1. The fourth-order valence-corrected chi connectivity index (χ4v) is 6.24. The molecule has 1 fully saturated rings. The molecule has 1 atom stereocenters. The molecular formula is C21H27N3O7S2. The topological polar surface area (TPSA) is 122 Å². The normalized spacial score (nSPS) is 16.8. The molecule has 0 spiro atoms. The van der Waals surface area contributed by atoms with Crippen molar-refractivity contribution >= 4 is 31.6 Å². The minimum Gasteiger partial charge on any atom is -0.497 e. The molecule has 2 aromatic rings. The average molecular weight is 498 g/mol. The second-order valence-corrected chi connectivity index (χ2v) is 11.3. The van der Waals surface area contributed by atoms with E-state index in [1.807, 2.05) is 31.1 Å². The predicted octanol–water partition coefficient (Wildman–Crippen LogP) is 1.35. The summed E-state index contributed by atoms with van der Waals surface area (Å²) in [6.07, 6.45) is -0.152. The molecule has 0 saturated carbocycles. The van der Waals surface area contributed by atoms with E-state index in [0.29, 0.717) is 10.1 Å². The van der Waals surface area contributed by atoms with Gasteiger partial charge < -0.3 is 14.4 Å². The molecule has 12 heteroatoms. The number of likely N-dealkylation sites (N-methyl/N-ethyl adjacent to an activating group) is 1. The van der Waals surface area contributed by atoms with Crippen LogP contribution in [0.15, 0.2) is 47.4 Å². The number of anilines is 1. The van der Waals surface area contributed by atoms with Gasteiger partial charge >= 0.3 is 0 Å². The van der Waals surface area contributed by atoms with Crippen LogP contribution in [0.25, 0.3) is 0 Å². The van der Waals surface area contributed by atoms with Crippen molar-refractivity contribution in [3.8, 4) is 11.5 Å². The van der Waals surface area contributed by atoms with E-state index in [0.717, 1.165) is 11.6 Å². The molecule has 1 amide bonds. The fraction of sp³-hybridized carbons (Fsp3) is 0.381. The van der Waals surface area contributed by atoms with E-state index >= 15 is 0 Å². The molecule has 0 aromatic heterocycles. The molecule has 0 aliphatic carbocycles. The van der Waals surface area contributed by atoms with Crippen molar-refractivity contribution < 1.29 is 31.1 Å². The summed E-state index contributed by atoms with van der Waals surface area (Å²) < 4.78 is 64.5. The van der Waals surface area contributed by atoms with Crippen LogP contribution in [-0.2, 0) is 24.8 Å². The number of rotatable bonds is 9. The van der Waals surface area contributed by atoms with Gasteiger partial charge in [0.05, 0.1) is 25.7 Å². The first kappa shape index (κ1) is 25.0. The van der Waals surface area contributed by atoms with Gasteiger partial charge in [-0.3, -0.25) is 4.79 Å². The van der Waals surface area contributed by atoms with Crippen LogP contribution in [0.2, 0.25) is 0 Å². The molecule has 1 N–H and O–H groups in total. The Morgan fingerprint density at radius 2 is 1.76 bits per heavy atom. The smallest absolute Gasteiger partial charge is 0.244 e. The predicted molar refractivity (Wildman–Crippen MR) is 123 cm³/mol. The number of carbonyl (C=O) groups excluding carboxylic acids is 1. The second kappa shape index (κ2) is 9.67. The quantitative estimate of drug-likeness (QED) is 0.551. The maximum Gasteiger partial charge on any atom is 0.244 e. The van der Waals surface area contributed by atoms with Crippen LogP contribution in [0, 0.1) is 0 Å². The Bertz CT molecular complexity index is 1230. The molecule has 1 aliphatic rings. The van der Waals surface area contributed by atoms with Gasteiger partial charge in [0.25, 0.3) is 0 Å². The monoisotopic (exact) mass is 497 g/mol. The number of hydrogen-bond acceptors (Lipinski definition) is 8. The summed E-state index contributed by atoms with van der Waals surface area (Å²) in [5.74, 6) is -0.209. The van der Waals surface area contributed by atoms with Gasteiger partial charge in [0.2, 0.25) is 26.0 Å². The highest BCUT2D eigenvalue weighted by Gasteiger charge is 2.37. The van der Waals surface area contributed by atoms with Crippen LogP contribution in [-0.4, -0.2) is 68.3 Å². The van der Waals surface area contributed by atoms with Gasteiger partial charge in [-0.1, -0.05) is 12.1 Å². The van der Waals surface area contributed by atoms with Gasteiger partial charge in [-0.15, -0.1) is 0 Å². The molecule has 1 saturated heterocycles. The third kappa shape index (κ3) is 5.29. The van der Waals surface area contributed by atoms with Gasteiger partial charge in [0, 0.05) is 19.0 Å². The van der Waals surface area contributed by atoms with E-state index < -0.39 is 26.0 Å². The molecular weight excluding hydrogens is 470 g/mol. The first-order valence-corrected chi connectivity index (χ1v) is 13.1. The van der Waals surface area contributed by atoms with E-state index in [-0.39, 0.29) is 41.1 Å². The summed E-state index contributed by atoms with van der Waals surface area (Å²) in [5.41, 5.74) is 0.830. The average Bonchev–Trinajstić information content (AvgIpc) is 3.05. The molecule has 10 nitrogen and oxygen atoms in total. The lowest BCUT2D eigenvalue weighted by molar-refractivity contribution is -0.116. The SMILES string of the molecule is COc1ccc(C(CNS(=O)(=O)c2cc(N3C(=O)CCS3(=O)=O)ccc2OC)N(C)C)cc1. The lowest BCUT2D eigenvalue weighted by atomic mass is 10.1. The number of carbonyl (C=O) groups is 1. The largest absolute Gasteiger partial charge is 0.497 e. The van der Waals surface area contributed by atoms with Gasteiger partial charge in [-0.05, 0) is 50.0 Å². The number of methoxy groups -OCH3 is 2. The molecule has 3 rings (SSSR count). The zero-order valence-corrected chi connectivity index (χ0v) is 20.4. The minimum atomic E-state index is -4.12. The van der Waals surface area contributed by atoms with Gasteiger partial charge in [0.1, 0.15) is 16.4 Å². The van der Waals surface area contributed by atoms with Crippen LogP contribution in [0.1, 0.15) is 18.0 Å². The Labute approximate surface area is 194 Å². The maximum atomic E-state index is 13.2. The Hall–Kier alpha value is -2.67. The van der Waals surface area contributed by atoms with Gasteiger partial charge in [0.15, 0.2) is 0 Å². The lowest BCUT2D eigenvalue weighted by Crippen LogP contribution is -2.35. The van der Waals surface area contributed by atoms with Crippen molar-refractivity contribution in [1.82, 2.24) is 9.62 Å². The Morgan fingerprint density at radius 3 is 2.27 bits per heavy atom. The molecule has 0 bridgehead atoms. The zero-order chi connectivity index (χ0) is 24.4. The van der Waals surface area contributed by atoms with Crippen molar-refractivity contribution in [3.05, 3.63) is 48.0 Å². The first-order chi connectivity index (χ1) is 15.5. The first-order valence-electron chi connectivity index (χ1n) is 10.0. The summed E-state index contributed by atoms with van der Waals surface area (Å²) in [6.45, 7) is 0.0377. The highest BCUT2D eigenvalue weighted by Crippen LogP contribution is 2.33. The number of hydrogen-bond donors (Lipinski definition) is 1. The molecule has 1 heterocycles. The highest BCUT2D eigenvalue weighted by molar-refractivity contribution is 7.94. The van der Waals surface area contributed by atoms with Gasteiger partial charge in [-0.25, -0.2) is 25.9 Å². The molecule has 0 radical (unpaired) electrons. The third-order valence-corrected chi connectivity index (χ3v) is 8.48. The Balaban J connectivity index is 1.91. The summed E-state index contributed by atoms with van der Waals surface area (Å²) in [6, 6.07) is 10.8. The standard InChI is InChI=1S/C21H27N3O7S2/c1-23(2)18(15-5-8-17(30-3)9-6-15)14-22-33(28,29)20-13-16(7-10-19(20)31-4)24-21(25)11-12-32(24,26)27/h5-10,13,18,22H,11-12,14H2,1-4H3. The van der Waals surface area contributed by atoms with E-state index in [1.165, 1.54) is 19.2 Å². The Morgan fingerprint density at radius 1 is 1.09 bits per heavy atom. The Kier molecular flexibility index (Phi) is 7.32. The summed E-state index contributed by atoms with van der Waals surface area (Å²) in [5, 5.41) is 0. The van der Waals surface area contributed by atoms with E-state index in [4.69, 9.17) is 9.47 Å². The molecule has 180 valence electrons. The van der Waals surface area contributed by atoms with Crippen LogP contribution >= 0.6 is 0 Å². The second-order valence-electron chi connectivity index (χ2n) is 7.66. The number of nitrogens with zero attached hydrogens (tertiary/aromatic N) is 2. The number of benzene rings is 2. The van der Waals surface area contributed by atoms with E-state index in [2.05, 4.69) is 4.72 Å². The third-order valence-electron chi connectivity index (χ3n) is 5.34. The lowest BCUT2D eigenvalue weighted by Gasteiger charge is -2.25. The van der Waals surface area contributed by atoms with Crippen LogP contribution < -0.4 is 18.5 Å². The summed E-state index contributed by atoms with van der Waals surface area (Å²) in [4.78, 5) is 13.7. The maximum absolute atomic E-state index is 13.2. The van der Waals surface area contributed by atoms with E-state index in [1.54, 1.807) is 19.2 Å². The summed E-state index contributed by atoms with van der Waals surface area (Å²) in [7, 11) is -1.43. The minimum absolute atomic E-state index is 0.0288. The van der Waals surface area contributed by atoms with Crippen molar-refractivity contribution in [2.24, 2.45) is 0 Å². The van der Waals surface area contributed by atoms with Crippen molar-refractivity contribution in [1.29, 1.82) is 0 Å². The molecule has 1 aliphatic heterocycles. The number of amides is 1. The van der Waals surface area contributed by atoms with Crippen LogP contribution in [0.5, 0.6) is 11.5 Å². The highest BCUT2D eigenvalue weighted by atomic mass is 32.2. The number of ether oxygens (including phenoxy) is 2. The fourth-order valence-electron chi connectivity index (χ4n) is 3.56. The van der Waals surface area contributed by atoms with Crippen LogP contribution in [0.3, 0.4) is 0 Å².